The van der Waals surface area contributed by atoms with Gasteiger partial charge in [-0.2, -0.15) is 0 Å². The van der Waals surface area contributed by atoms with Crippen molar-refractivity contribution in [1.82, 2.24) is 0 Å². The van der Waals surface area contributed by atoms with Crippen molar-refractivity contribution >= 4 is 35.5 Å². The van der Waals surface area contributed by atoms with E-state index < -0.39 is 0 Å². The number of benzene rings is 2. The number of hydrogen-bond acceptors (Lipinski definition) is 2. The second-order valence-electron chi connectivity index (χ2n) is 13.9. The highest BCUT2D eigenvalue weighted by Gasteiger charge is 1.99. The molecule has 266 valence electrons. The van der Waals surface area contributed by atoms with Crippen molar-refractivity contribution in [3.63, 3.8) is 0 Å². The van der Waals surface area contributed by atoms with Gasteiger partial charge in [0.25, 0.3) is 0 Å². The molecule has 0 heterocycles. The molecule has 2 nitrogen and oxygen atoms in total. The predicted octanol–water partition coefficient (Wildman–Crippen LogP) is 16.0. The molecule has 0 radical (unpaired) electrons. The van der Waals surface area contributed by atoms with Gasteiger partial charge in [0, 0.05) is 6.21 Å². The lowest BCUT2D eigenvalue weighted by molar-refractivity contribution is 0.558. The third-order valence-electron chi connectivity index (χ3n) is 9.28. The molecule has 0 aliphatic rings. The molecular weight excluding hydrogens is 581 g/mol. The molecule has 0 atom stereocenters. The van der Waals surface area contributed by atoms with E-state index in [0.717, 1.165) is 36.3 Å². The molecule has 2 aromatic carbocycles. The molecule has 0 fully saturated rings. The Morgan fingerprint density at radius 1 is 0.438 bits per heavy atom. The number of unbranched alkanes of at least 4 members (excludes halogenated alkanes) is 21. The molecule has 0 N–H and O–H groups in total. The lowest BCUT2D eigenvalue weighted by atomic mass is 10.1. The van der Waals surface area contributed by atoms with Crippen LogP contribution in [0.5, 0.6) is 0 Å². The first-order valence-electron chi connectivity index (χ1n) is 20.4. The summed E-state index contributed by atoms with van der Waals surface area (Å²) in [5.41, 5.74) is 5.53. The molecule has 2 rings (SSSR count). The predicted molar refractivity (Wildman–Crippen MR) is 219 cm³/mol. The van der Waals surface area contributed by atoms with E-state index in [9.17, 15) is 0 Å². The van der Waals surface area contributed by atoms with Crippen LogP contribution >= 0.6 is 0 Å². The van der Waals surface area contributed by atoms with Gasteiger partial charge in [0.15, 0.2) is 0 Å². The minimum Gasteiger partial charge on any atom is -0.255 e. The topological polar surface area (TPSA) is 24.7 Å². The van der Waals surface area contributed by atoms with E-state index in [1.807, 2.05) is 6.21 Å². The van der Waals surface area contributed by atoms with Crippen LogP contribution in [0.2, 0.25) is 0 Å². The molecule has 0 spiro atoms. The number of rotatable bonds is 30. The van der Waals surface area contributed by atoms with Gasteiger partial charge >= 0.3 is 0 Å². The van der Waals surface area contributed by atoms with Crippen molar-refractivity contribution in [3.8, 4) is 0 Å². The fourth-order valence-corrected chi connectivity index (χ4v) is 6.09. The van der Waals surface area contributed by atoms with E-state index in [-0.39, 0.29) is 0 Å². The summed E-state index contributed by atoms with van der Waals surface area (Å²) < 4.78 is 0. The van der Waals surface area contributed by atoms with Gasteiger partial charge in [-0.05, 0) is 73.9 Å². The van der Waals surface area contributed by atoms with E-state index in [4.69, 9.17) is 9.98 Å². The standard InChI is InChI=1S/C46H72N2/c1-4-7-10-12-14-16-18-20-22-24-26-28-30-42-33-37-44(38-34-42)47-41-46(32-9-6-3)48-45-39-35-43(36-40-45)31-29-27-25-23-21-19-17-15-13-11-8-5-2/h28-31,33-41H,4-27,32H2,1-3H3. The number of hydrogen-bond donors (Lipinski definition) is 0. The Bertz CT molecular complexity index is 1120. The Hall–Kier alpha value is -2.74. The van der Waals surface area contributed by atoms with Crippen molar-refractivity contribution in [3.05, 3.63) is 71.8 Å². The average Bonchev–Trinajstić information content (AvgIpc) is 3.11. The monoisotopic (exact) mass is 653 g/mol. The molecule has 2 aromatic rings. The van der Waals surface area contributed by atoms with Gasteiger partial charge in [0.05, 0.1) is 17.1 Å². The summed E-state index contributed by atoms with van der Waals surface area (Å²) >= 11 is 0. The molecular formula is C46H72N2. The van der Waals surface area contributed by atoms with Crippen LogP contribution in [0.25, 0.3) is 12.2 Å². The van der Waals surface area contributed by atoms with Crippen LogP contribution < -0.4 is 0 Å². The van der Waals surface area contributed by atoms with E-state index in [1.54, 1.807) is 0 Å². The van der Waals surface area contributed by atoms with Gasteiger partial charge in [-0.1, -0.05) is 191 Å². The molecule has 0 bridgehead atoms. The third-order valence-corrected chi connectivity index (χ3v) is 9.28. The fourth-order valence-electron chi connectivity index (χ4n) is 6.09. The van der Waals surface area contributed by atoms with Gasteiger partial charge in [0.2, 0.25) is 0 Å². The molecule has 0 saturated heterocycles. The highest BCUT2D eigenvalue weighted by atomic mass is 14.8. The molecule has 0 aliphatic heterocycles. The second kappa shape index (κ2) is 30.3. The Balaban J connectivity index is 1.70. The van der Waals surface area contributed by atoms with E-state index >= 15 is 0 Å². The fraction of sp³-hybridized carbons (Fsp3) is 0.609. The van der Waals surface area contributed by atoms with E-state index in [1.165, 1.54) is 152 Å². The second-order valence-corrected chi connectivity index (χ2v) is 13.9. The van der Waals surface area contributed by atoms with Crippen molar-refractivity contribution in [2.24, 2.45) is 9.98 Å². The van der Waals surface area contributed by atoms with Gasteiger partial charge in [-0.3, -0.25) is 9.98 Å². The lowest BCUT2D eigenvalue weighted by Gasteiger charge is -2.03. The minimum absolute atomic E-state index is 0.945. The Morgan fingerprint density at radius 2 is 0.812 bits per heavy atom. The lowest BCUT2D eigenvalue weighted by Crippen LogP contribution is -1.99. The highest BCUT2D eigenvalue weighted by Crippen LogP contribution is 2.19. The summed E-state index contributed by atoms with van der Waals surface area (Å²) in [6.07, 6.45) is 44.5. The summed E-state index contributed by atoms with van der Waals surface area (Å²) in [5.74, 6) is 0. The Morgan fingerprint density at radius 3 is 1.23 bits per heavy atom. The van der Waals surface area contributed by atoms with E-state index in [2.05, 4.69) is 93.6 Å². The summed E-state index contributed by atoms with van der Waals surface area (Å²) in [7, 11) is 0. The highest BCUT2D eigenvalue weighted by molar-refractivity contribution is 6.31. The van der Waals surface area contributed by atoms with Crippen LogP contribution in [0.4, 0.5) is 11.4 Å². The van der Waals surface area contributed by atoms with Crippen molar-refractivity contribution in [2.75, 3.05) is 0 Å². The molecule has 48 heavy (non-hydrogen) atoms. The summed E-state index contributed by atoms with van der Waals surface area (Å²) in [6, 6.07) is 17.2. The molecule has 0 saturated carbocycles. The van der Waals surface area contributed by atoms with Crippen molar-refractivity contribution < 1.29 is 0 Å². The quantitative estimate of drug-likeness (QED) is 0.0592. The zero-order chi connectivity index (χ0) is 34.2. The maximum atomic E-state index is 4.96. The van der Waals surface area contributed by atoms with Gasteiger partial charge in [-0.15, -0.1) is 0 Å². The molecule has 0 aliphatic carbocycles. The van der Waals surface area contributed by atoms with Crippen LogP contribution in [0.1, 0.15) is 192 Å². The van der Waals surface area contributed by atoms with Crippen LogP contribution in [-0.2, 0) is 0 Å². The van der Waals surface area contributed by atoms with Crippen molar-refractivity contribution in [1.29, 1.82) is 0 Å². The van der Waals surface area contributed by atoms with Gasteiger partial charge < -0.3 is 0 Å². The SMILES string of the molecule is CCCCCCCCCCCCC=Cc1ccc(N=CC(CCCC)=Nc2ccc(C=CCCCCCCCCCCCC)cc2)cc1. The summed E-state index contributed by atoms with van der Waals surface area (Å²) in [4.78, 5) is 9.75. The number of allylic oxidation sites excluding steroid dienone is 2. The molecule has 0 unspecified atom stereocenters. The minimum atomic E-state index is 0.945. The Labute approximate surface area is 297 Å². The molecule has 0 aromatic heterocycles. The maximum Gasteiger partial charge on any atom is 0.0634 e. The number of aliphatic imine (C=N–C) groups is 2. The summed E-state index contributed by atoms with van der Waals surface area (Å²) in [6.45, 7) is 6.81. The maximum absolute atomic E-state index is 4.96. The third kappa shape index (κ3) is 22.8. The van der Waals surface area contributed by atoms with E-state index in [0.29, 0.717) is 0 Å². The van der Waals surface area contributed by atoms with Gasteiger partial charge in [-0.25, -0.2) is 0 Å². The van der Waals surface area contributed by atoms with Crippen LogP contribution in [0.3, 0.4) is 0 Å². The van der Waals surface area contributed by atoms with Crippen molar-refractivity contribution in [2.45, 2.75) is 181 Å². The average molecular weight is 653 g/mol. The van der Waals surface area contributed by atoms with Gasteiger partial charge in [0.1, 0.15) is 0 Å². The number of nitrogens with zero attached hydrogens (tertiary/aromatic N) is 2. The Kier molecular flexibility index (Phi) is 26.2. The smallest absolute Gasteiger partial charge is 0.0634 e. The zero-order valence-electron chi connectivity index (χ0n) is 31.6. The normalized spacial score (nSPS) is 12.4. The van der Waals surface area contributed by atoms with Crippen LogP contribution in [-0.4, -0.2) is 11.9 Å². The molecule has 0 amide bonds. The largest absolute Gasteiger partial charge is 0.255 e. The van der Waals surface area contributed by atoms with Crippen LogP contribution in [0, 0.1) is 0 Å². The first kappa shape index (κ1) is 41.4. The van der Waals surface area contributed by atoms with Crippen LogP contribution in [0.15, 0.2) is 70.7 Å². The molecule has 2 heteroatoms. The summed E-state index contributed by atoms with van der Waals surface area (Å²) in [5, 5.41) is 0. The first-order valence-corrected chi connectivity index (χ1v) is 20.4. The first-order chi connectivity index (χ1) is 23.7. The zero-order valence-corrected chi connectivity index (χ0v) is 31.6.